The van der Waals surface area contributed by atoms with Crippen molar-refractivity contribution < 1.29 is 9.90 Å². The fraction of sp³-hybridized carbons (Fsp3) is 0.158. The van der Waals surface area contributed by atoms with Crippen LogP contribution in [-0.4, -0.2) is 31.9 Å². The van der Waals surface area contributed by atoms with Crippen LogP contribution in [-0.2, 0) is 4.79 Å². The van der Waals surface area contributed by atoms with E-state index in [1.165, 1.54) is 24.8 Å². The van der Waals surface area contributed by atoms with Crippen molar-refractivity contribution in [1.29, 1.82) is 0 Å². The van der Waals surface area contributed by atoms with Gasteiger partial charge in [-0.15, -0.1) is 10.2 Å². The highest BCUT2D eigenvalue weighted by Crippen LogP contribution is 2.43. The number of azo groups is 1. The Bertz CT molecular complexity index is 1250. The number of anilines is 2. The lowest BCUT2D eigenvalue weighted by Gasteiger charge is -2.14. The average molecular weight is 407 g/mol. The van der Waals surface area contributed by atoms with Crippen LogP contribution in [0.2, 0.25) is 0 Å². The van der Waals surface area contributed by atoms with E-state index in [1.807, 2.05) is 19.1 Å². The number of fused-ring (bicyclic) bond motifs is 2. The molecular weight excluding hydrogens is 390 g/mol. The van der Waals surface area contributed by atoms with Gasteiger partial charge in [0.1, 0.15) is 12.1 Å². The van der Waals surface area contributed by atoms with E-state index in [1.54, 1.807) is 18.3 Å². The summed E-state index contributed by atoms with van der Waals surface area (Å²) in [5.41, 5.74) is 2.13. The molecule has 0 saturated heterocycles. The quantitative estimate of drug-likeness (QED) is 0.324. The molecule has 0 aliphatic rings. The van der Waals surface area contributed by atoms with Crippen LogP contribution in [0.5, 0.6) is 5.75 Å². The summed E-state index contributed by atoms with van der Waals surface area (Å²) in [4.78, 5) is 19.7. The number of benzene rings is 2. The Balaban J connectivity index is 1.91. The largest absolute Gasteiger partial charge is 0.505 e. The van der Waals surface area contributed by atoms with Crippen LogP contribution < -0.4 is 10.6 Å². The summed E-state index contributed by atoms with van der Waals surface area (Å²) in [7, 11) is 0. The highest BCUT2D eigenvalue weighted by molar-refractivity contribution is 7.11. The van der Waals surface area contributed by atoms with E-state index in [0.29, 0.717) is 39.0 Å². The molecule has 0 aliphatic heterocycles. The van der Waals surface area contributed by atoms with E-state index in [2.05, 4.69) is 35.2 Å². The Morgan fingerprint density at radius 2 is 2.10 bits per heavy atom. The van der Waals surface area contributed by atoms with Crippen LogP contribution >= 0.6 is 11.5 Å². The number of carbonyl (C=O) groups is 1. The van der Waals surface area contributed by atoms with Crippen molar-refractivity contribution in [2.45, 2.75) is 13.8 Å². The van der Waals surface area contributed by atoms with Crippen LogP contribution in [0.25, 0.3) is 21.8 Å². The van der Waals surface area contributed by atoms with Crippen LogP contribution in [0.3, 0.4) is 0 Å². The molecule has 4 aromatic rings. The maximum atomic E-state index is 11.6. The van der Waals surface area contributed by atoms with E-state index in [-0.39, 0.29) is 17.3 Å². The molecule has 0 spiro atoms. The Kier molecular flexibility index (Phi) is 5.00. The van der Waals surface area contributed by atoms with Gasteiger partial charge in [0.15, 0.2) is 10.6 Å². The predicted molar refractivity (Wildman–Crippen MR) is 113 cm³/mol. The number of hydrogen-bond acceptors (Lipinski definition) is 9. The minimum atomic E-state index is -0.295. The maximum absolute atomic E-state index is 11.6. The number of carbonyl (C=O) groups excluding carboxylic acids is 1. The first-order chi connectivity index (χ1) is 14.1. The summed E-state index contributed by atoms with van der Waals surface area (Å²) >= 11 is 1.17. The predicted octanol–water partition coefficient (Wildman–Crippen LogP) is 4.75. The molecule has 29 heavy (non-hydrogen) atoms. The summed E-state index contributed by atoms with van der Waals surface area (Å²) in [5, 5.41) is 27.9. The summed E-state index contributed by atoms with van der Waals surface area (Å²) in [6.07, 6.45) is 3.07. The molecule has 10 heteroatoms. The lowest BCUT2D eigenvalue weighted by molar-refractivity contribution is -0.114. The van der Waals surface area contributed by atoms with Crippen LogP contribution in [0.1, 0.15) is 13.8 Å². The zero-order chi connectivity index (χ0) is 20.4. The topological polar surface area (TPSA) is 125 Å². The zero-order valence-electron chi connectivity index (χ0n) is 15.7. The molecule has 0 radical (unpaired) electrons. The van der Waals surface area contributed by atoms with Gasteiger partial charge in [-0.25, -0.2) is 9.97 Å². The molecule has 0 saturated carbocycles. The van der Waals surface area contributed by atoms with E-state index in [9.17, 15) is 9.90 Å². The molecule has 146 valence electrons. The van der Waals surface area contributed by atoms with Crippen molar-refractivity contribution in [3.63, 3.8) is 0 Å². The van der Waals surface area contributed by atoms with E-state index >= 15 is 0 Å². The number of aromatic nitrogens is 3. The number of nitrogens with zero attached hydrogens (tertiary/aromatic N) is 5. The Morgan fingerprint density at radius 3 is 2.90 bits per heavy atom. The minimum absolute atomic E-state index is 0.0226. The van der Waals surface area contributed by atoms with Crippen molar-refractivity contribution in [3.8, 4) is 5.75 Å². The number of rotatable bonds is 5. The van der Waals surface area contributed by atoms with Gasteiger partial charge < -0.3 is 15.7 Å². The second-order valence-corrected chi connectivity index (χ2v) is 6.93. The van der Waals surface area contributed by atoms with Gasteiger partial charge in [-0.1, -0.05) is 12.1 Å². The monoisotopic (exact) mass is 407 g/mol. The molecule has 1 amide bonds. The van der Waals surface area contributed by atoms with Crippen molar-refractivity contribution in [3.05, 3.63) is 36.8 Å². The Morgan fingerprint density at radius 1 is 1.24 bits per heavy atom. The zero-order valence-corrected chi connectivity index (χ0v) is 16.5. The molecule has 0 atom stereocenters. The molecule has 0 bridgehead atoms. The number of phenols is 1. The highest BCUT2D eigenvalue weighted by atomic mass is 32.1. The fourth-order valence-corrected chi connectivity index (χ4v) is 3.64. The van der Waals surface area contributed by atoms with Crippen LogP contribution in [0.4, 0.5) is 22.1 Å². The van der Waals surface area contributed by atoms with Crippen LogP contribution in [0.15, 0.2) is 47.0 Å². The second kappa shape index (κ2) is 7.76. The minimum Gasteiger partial charge on any atom is -0.505 e. The van der Waals surface area contributed by atoms with Crippen molar-refractivity contribution in [1.82, 2.24) is 14.3 Å². The normalized spacial score (nSPS) is 11.4. The molecular formula is C19H17N7O2S. The molecule has 4 rings (SSSR count). The summed E-state index contributed by atoms with van der Waals surface area (Å²) in [6.45, 7) is 4.05. The SMILES string of the molecule is CCNc1cccc2c(O)c(NC(C)=O)cc(N=Nc3snc4ncncc34)c12. The lowest BCUT2D eigenvalue weighted by atomic mass is 10.0. The maximum Gasteiger partial charge on any atom is 0.221 e. The Labute approximate surface area is 169 Å². The molecule has 0 fully saturated rings. The highest BCUT2D eigenvalue weighted by Gasteiger charge is 2.16. The van der Waals surface area contributed by atoms with Gasteiger partial charge in [0.05, 0.1) is 16.8 Å². The average Bonchev–Trinajstić information content (AvgIpc) is 3.12. The molecule has 2 heterocycles. The van der Waals surface area contributed by atoms with Gasteiger partial charge >= 0.3 is 0 Å². The fourth-order valence-electron chi connectivity index (χ4n) is 3.00. The molecule has 0 aliphatic carbocycles. The van der Waals surface area contributed by atoms with Crippen molar-refractivity contribution in [2.75, 3.05) is 17.2 Å². The van der Waals surface area contributed by atoms with Crippen molar-refractivity contribution in [2.24, 2.45) is 10.2 Å². The van der Waals surface area contributed by atoms with E-state index < -0.39 is 0 Å². The van der Waals surface area contributed by atoms with Gasteiger partial charge in [-0.2, -0.15) is 4.37 Å². The van der Waals surface area contributed by atoms with E-state index in [4.69, 9.17) is 0 Å². The molecule has 2 aromatic heterocycles. The van der Waals surface area contributed by atoms with Gasteiger partial charge in [-0.3, -0.25) is 4.79 Å². The number of aromatic hydroxyl groups is 1. The molecule has 9 nitrogen and oxygen atoms in total. The standard InChI is InChI=1S/C19H17N7O2S/c1-3-21-13-6-4-5-11-16(13)14(7-15(17(11)28)23-10(2)27)24-25-19-12-8-20-9-22-18(12)26-29-19/h4-9,21,28H,3H2,1-2H3,(H,23,27). The van der Waals surface area contributed by atoms with Gasteiger partial charge in [0, 0.05) is 36.1 Å². The second-order valence-electron chi connectivity index (χ2n) is 6.18. The number of amides is 1. The first-order valence-corrected chi connectivity index (χ1v) is 9.63. The third-order valence-corrected chi connectivity index (χ3v) is 4.92. The number of phenolic OH excluding ortho intramolecular Hbond substituents is 1. The van der Waals surface area contributed by atoms with Gasteiger partial charge in [0.25, 0.3) is 0 Å². The third-order valence-electron chi connectivity index (χ3n) is 4.18. The van der Waals surface area contributed by atoms with Gasteiger partial charge in [0.2, 0.25) is 5.91 Å². The Hall–Kier alpha value is -3.66. The molecule has 2 aromatic carbocycles. The summed E-state index contributed by atoms with van der Waals surface area (Å²) < 4.78 is 4.24. The van der Waals surface area contributed by atoms with Crippen molar-refractivity contribution >= 4 is 61.3 Å². The number of nitrogens with one attached hydrogen (secondary N) is 2. The number of hydrogen-bond donors (Lipinski definition) is 3. The summed E-state index contributed by atoms with van der Waals surface area (Å²) in [6, 6.07) is 7.10. The lowest BCUT2D eigenvalue weighted by Crippen LogP contribution is -2.06. The van der Waals surface area contributed by atoms with Gasteiger partial charge in [-0.05, 0) is 30.6 Å². The summed E-state index contributed by atoms with van der Waals surface area (Å²) in [5.74, 6) is -0.318. The smallest absolute Gasteiger partial charge is 0.221 e. The first-order valence-electron chi connectivity index (χ1n) is 8.85. The molecule has 3 N–H and O–H groups in total. The van der Waals surface area contributed by atoms with E-state index in [0.717, 1.165) is 5.69 Å². The third kappa shape index (κ3) is 3.57. The van der Waals surface area contributed by atoms with Crippen LogP contribution in [0, 0.1) is 0 Å². The molecule has 0 unspecified atom stereocenters. The first kappa shape index (κ1) is 18.7.